The lowest BCUT2D eigenvalue weighted by atomic mass is 9.87. The van der Waals surface area contributed by atoms with Crippen molar-refractivity contribution in [1.29, 1.82) is 0 Å². The molecule has 96 valence electrons. The molecule has 2 N–H and O–H groups in total. The third-order valence-corrected chi connectivity index (χ3v) is 3.78. The Labute approximate surface area is 110 Å². The molecule has 2 aromatic rings. The first kappa shape index (κ1) is 11.7. The fourth-order valence-corrected chi connectivity index (χ4v) is 2.67. The molecule has 0 amide bonds. The molecule has 0 radical (unpaired) electrons. The van der Waals surface area contributed by atoms with Crippen LogP contribution >= 0.6 is 11.6 Å². The second-order valence-electron chi connectivity index (χ2n) is 5.04. The van der Waals surface area contributed by atoms with E-state index in [0.717, 1.165) is 17.3 Å². The van der Waals surface area contributed by atoms with Crippen molar-refractivity contribution in [3.63, 3.8) is 0 Å². The van der Waals surface area contributed by atoms with Crippen LogP contribution in [0.2, 0.25) is 5.28 Å². The van der Waals surface area contributed by atoms with Crippen LogP contribution in [-0.4, -0.2) is 26.0 Å². The molecule has 0 unspecified atom stereocenters. The van der Waals surface area contributed by atoms with E-state index in [-0.39, 0.29) is 5.28 Å². The summed E-state index contributed by atoms with van der Waals surface area (Å²) >= 11 is 5.91. The highest BCUT2D eigenvalue weighted by Crippen LogP contribution is 2.27. The van der Waals surface area contributed by atoms with E-state index in [2.05, 4.69) is 32.2 Å². The Bertz CT molecular complexity index is 544. The molecule has 0 aromatic carbocycles. The molecule has 18 heavy (non-hydrogen) atoms. The zero-order valence-electron chi connectivity index (χ0n) is 10.3. The zero-order valence-corrected chi connectivity index (χ0v) is 11.0. The second kappa shape index (κ2) is 4.72. The number of hydrogen-bond acceptors (Lipinski definition) is 4. The number of nitrogens with zero attached hydrogens (tertiary/aromatic N) is 3. The normalized spacial score (nSPS) is 24.3. The Balaban J connectivity index is 1.83. The van der Waals surface area contributed by atoms with Crippen molar-refractivity contribution in [1.82, 2.24) is 19.9 Å². The van der Waals surface area contributed by atoms with Crippen molar-refractivity contribution in [3.05, 3.63) is 11.6 Å². The number of halogens is 1. The lowest BCUT2D eigenvalue weighted by Crippen LogP contribution is -2.25. The van der Waals surface area contributed by atoms with E-state index in [1.165, 1.54) is 25.7 Å². The lowest BCUT2D eigenvalue weighted by Gasteiger charge is -2.27. The van der Waals surface area contributed by atoms with E-state index in [4.69, 9.17) is 11.6 Å². The predicted octanol–water partition coefficient (Wildman–Crippen LogP) is 3.00. The first-order chi connectivity index (χ1) is 8.72. The van der Waals surface area contributed by atoms with Crippen LogP contribution in [0.25, 0.3) is 11.2 Å². The fraction of sp³-hybridized carbons (Fsp3) is 0.583. The van der Waals surface area contributed by atoms with Gasteiger partial charge in [-0.25, -0.2) is 4.98 Å². The minimum Gasteiger partial charge on any atom is -0.365 e. The number of rotatable bonds is 2. The van der Waals surface area contributed by atoms with Crippen LogP contribution in [0.3, 0.4) is 0 Å². The molecular weight excluding hydrogens is 250 g/mol. The van der Waals surface area contributed by atoms with Crippen molar-refractivity contribution in [2.24, 2.45) is 5.92 Å². The number of H-pyrrole nitrogens is 1. The van der Waals surface area contributed by atoms with Gasteiger partial charge in [0.25, 0.3) is 0 Å². The Morgan fingerprint density at radius 1 is 1.28 bits per heavy atom. The Morgan fingerprint density at radius 3 is 2.83 bits per heavy atom. The van der Waals surface area contributed by atoms with Gasteiger partial charge in [0.15, 0.2) is 11.5 Å². The van der Waals surface area contributed by atoms with E-state index in [1.54, 1.807) is 6.33 Å². The Kier molecular flexibility index (Phi) is 3.07. The maximum atomic E-state index is 5.91. The molecule has 6 heteroatoms. The molecule has 0 bridgehead atoms. The summed E-state index contributed by atoms with van der Waals surface area (Å²) in [6, 6.07) is 0.471. The predicted molar refractivity (Wildman–Crippen MR) is 71.7 cm³/mol. The highest BCUT2D eigenvalue weighted by atomic mass is 35.5. The van der Waals surface area contributed by atoms with E-state index in [1.807, 2.05) is 0 Å². The van der Waals surface area contributed by atoms with Gasteiger partial charge in [-0.15, -0.1) is 0 Å². The monoisotopic (exact) mass is 265 g/mol. The smallest absolute Gasteiger partial charge is 0.226 e. The van der Waals surface area contributed by atoms with Gasteiger partial charge in [0, 0.05) is 6.04 Å². The topological polar surface area (TPSA) is 66.5 Å². The summed E-state index contributed by atoms with van der Waals surface area (Å²) in [5.74, 6) is 1.60. The molecule has 3 rings (SSSR count). The maximum Gasteiger partial charge on any atom is 0.226 e. The summed E-state index contributed by atoms with van der Waals surface area (Å²) in [5.41, 5.74) is 1.44. The summed E-state index contributed by atoms with van der Waals surface area (Å²) in [7, 11) is 0. The molecule has 0 aliphatic heterocycles. The van der Waals surface area contributed by atoms with E-state index < -0.39 is 0 Å². The first-order valence-electron chi connectivity index (χ1n) is 6.35. The number of fused-ring (bicyclic) bond motifs is 1. The van der Waals surface area contributed by atoms with Gasteiger partial charge in [-0.05, 0) is 43.2 Å². The number of nitrogens with one attached hydrogen (secondary N) is 2. The fourth-order valence-electron chi connectivity index (χ4n) is 2.51. The van der Waals surface area contributed by atoms with Crippen molar-refractivity contribution in [3.8, 4) is 0 Å². The van der Waals surface area contributed by atoms with Gasteiger partial charge in [0.05, 0.1) is 6.33 Å². The molecule has 1 saturated carbocycles. The lowest BCUT2D eigenvalue weighted by molar-refractivity contribution is 0.361. The van der Waals surface area contributed by atoms with Crippen LogP contribution in [0.1, 0.15) is 32.6 Å². The van der Waals surface area contributed by atoms with Crippen LogP contribution in [0.5, 0.6) is 0 Å². The minimum atomic E-state index is 0.237. The Hall–Kier alpha value is -1.36. The summed E-state index contributed by atoms with van der Waals surface area (Å²) in [4.78, 5) is 15.5. The van der Waals surface area contributed by atoms with Gasteiger partial charge in [-0.2, -0.15) is 9.97 Å². The van der Waals surface area contributed by atoms with Crippen LogP contribution in [0.15, 0.2) is 6.33 Å². The quantitative estimate of drug-likeness (QED) is 0.819. The van der Waals surface area contributed by atoms with E-state index >= 15 is 0 Å². The third-order valence-electron chi connectivity index (χ3n) is 3.62. The molecule has 0 spiro atoms. The molecule has 2 aromatic heterocycles. The molecule has 2 heterocycles. The van der Waals surface area contributed by atoms with Crippen LogP contribution in [0, 0.1) is 5.92 Å². The summed E-state index contributed by atoms with van der Waals surface area (Å²) in [6.07, 6.45) is 6.51. The molecule has 0 saturated heterocycles. The van der Waals surface area contributed by atoms with E-state index in [0.29, 0.717) is 11.7 Å². The SMILES string of the molecule is CC1CCC(Nc2nc(Cl)nc3nc[nH]c23)CC1. The second-order valence-corrected chi connectivity index (χ2v) is 5.38. The zero-order chi connectivity index (χ0) is 12.5. The number of anilines is 1. The van der Waals surface area contributed by atoms with Crippen molar-refractivity contribution in [2.75, 3.05) is 5.32 Å². The molecule has 1 aliphatic carbocycles. The molecule has 1 aliphatic rings. The molecule has 0 atom stereocenters. The van der Waals surface area contributed by atoms with Crippen molar-refractivity contribution < 1.29 is 0 Å². The summed E-state index contributed by atoms with van der Waals surface area (Å²) in [6.45, 7) is 2.31. The summed E-state index contributed by atoms with van der Waals surface area (Å²) in [5, 5.41) is 3.70. The largest absolute Gasteiger partial charge is 0.365 e. The van der Waals surface area contributed by atoms with Gasteiger partial charge >= 0.3 is 0 Å². The Morgan fingerprint density at radius 2 is 2.06 bits per heavy atom. The van der Waals surface area contributed by atoms with Gasteiger partial charge in [-0.1, -0.05) is 6.92 Å². The maximum absolute atomic E-state index is 5.91. The third kappa shape index (κ3) is 2.27. The van der Waals surface area contributed by atoms with Crippen molar-refractivity contribution >= 4 is 28.6 Å². The number of imidazole rings is 1. The van der Waals surface area contributed by atoms with E-state index in [9.17, 15) is 0 Å². The highest BCUT2D eigenvalue weighted by molar-refractivity contribution is 6.28. The van der Waals surface area contributed by atoms with Gasteiger partial charge in [0.1, 0.15) is 5.52 Å². The number of hydrogen-bond donors (Lipinski definition) is 2. The molecule has 1 fully saturated rings. The summed E-state index contributed by atoms with van der Waals surface area (Å²) < 4.78 is 0. The van der Waals surface area contributed by atoms with Crippen LogP contribution in [-0.2, 0) is 0 Å². The average molecular weight is 266 g/mol. The minimum absolute atomic E-state index is 0.237. The number of aromatic amines is 1. The first-order valence-corrected chi connectivity index (χ1v) is 6.73. The van der Waals surface area contributed by atoms with Gasteiger partial charge < -0.3 is 10.3 Å². The highest BCUT2D eigenvalue weighted by Gasteiger charge is 2.20. The molecular formula is C12H16ClN5. The number of aromatic nitrogens is 4. The average Bonchev–Trinajstić information content (AvgIpc) is 2.80. The van der Waals surface area contributed by atoms with Gasteiger partial charge in [-0.3, -0.25) is 0 Å². The van der Waals surface area contributed by atoms with Gasteiger partial charge in [0.2, 0.25) is 5.28 Å². The van der Waals surface area contributed by atoms with Crippen LogP contribution < -0.4 is 5.32 Å². The van der Waals surface area contributed by atoms with Crippen LogP contribution in [0.4, 0.5) is 5.82 Å². The standard InChI is InChI=1S/C12H16ClN5/c1-7-2-4-8(5-3-7)16-11-9-10(15-6-14-9)17-12(13)18-11/h6-8H,2-5H2,1H3,(H2,14,15,16,17,18). The van der Waals surface area contributed by atoms with Crippen molar-refractivity contribution in [2.45, 2.75) is 38.6 Å². The molecule has 5 nitrogen and oxygen atoms in total.